The fourth-order valence-corrected chi connectivity index (χ4v) is 3.48. The van der Waals surface area contributed by atoms with Crippen molar-refractivity contribution in [3.8, 4) is 0 Å². The number of nitrogen functional groups attached to an aromatic ring is 1. The van der Waals surface area contributed by atoms with Crippen molar-refractivity contribution in [1.29, 1.82) is 0 Å². The zero-order valence-corrected chi connectivity index (χ0v) is 10.9. The Bertz CT molecular complexity index is 371. The molecule has 4 heteroatoms. The highest BCUT2D eigenvalue weighted by molar-refractivity contribution is 8.00. The standard InChI is InChI=1S/C12H19N3S/c1-8-4-5-14-12(11(8)13)15-6-9(2)16-10(3)7-15/h4-5,9-10H,6-7,13H2,1-3H3. The number of thioether (sulfide) groups is 1. The molecule has 0 saturated carbocycles. The highest BCUT2D eigenvalue weighted by atomic mass is 32.2. The van der Waals surface area contributed by atoms with E-state index in [0.29, 0.717) is 10.5 Å². The molecule has 0 amide bonds. The summed E-state index contributed by atoms with van der Waals surface area (Å²) in [7, 11) is 0. The van der Waals surface area contributed by atoms with E-state index in [2.05, 4.69) is 23.7 Å². The van der Waals surface area contributed by atoms with E-state index in [0.717, 1.165) is 30.2 Å². The predicted octanol–water partition coefficient (Wildman–Crippen LogP) is 2.30. The minimum Gasteiger partial charge on any atom is -0.396 e. The molecule has 2 rings (SSSR count). The number of hydrogen-bond acceptors (Lipinski definition) is 4. The topological polar surface area (TPSA) is 42.2 Å². The molecule has 2 heterocycles. The molecule has 1 aliphatic rings. The first-order valence-electron chi connectivity index (χ1n) is 5.69. The number of rotatable bonds is 1. The summed E-state index contributed by atoms with van der Waals surface area (Å²) in [5.41, 5.74) is 8.04. The van der Waals surface area contributed by atoms with Crippen LogP contribution in [0.3, 0.4) is 0 Å². The Labute approximate surface area is 101 Å². The van der Waals surface area contributed by atoms with Gasteiger partial charge in [-0.25, -0.2) is 4.98 Å². The van der Waals surface area contributed by atoms with Crippen molar-refractivity contribution >= 4 is 23.3 Å². The molecule has 1 fully saturated rings. The van der Waals surface area contributed by atoms with Crippen LogP contribution < -0.4 is 10.6 Å². The average Bonchev–Trinajstić information content (AvgIpc) is 2.20. The normalized spacial score (nSPS) is 25.8. The van der Waals surface area contributed by atoms with Crippen LogP contribution in [0.25, 0.3) is 0 Å². The third-order valence-corrected chi connectivity index (χ3v) is 4.13. The maximum absolute atomic E-state index is 6.09. The van der Waals surface area contributed by atoms with Crippen molar-refractivity contribution in [2.75, 3.05) is 23.7 Å². The molecule has 1 aromatic rings. The van der Waals surface area contributed by atoms with Crippen LogP contribution in [0.1, 0.15) is 19.4 Å². The van der Waals surface area contributed by atoms with Gasteiger partial charge < -0.3 is 10.6 Å². The number of anilines is 2. The number of nitrogens with zero attached hydrogens (tertiary/aromatic N) is 2. The van der Waals surface area contributed by atoms with Gasteiger partial charge >= 0.3 is 0 Å². The molecule has 0 aromatic carbocycles. The number of nitrogens with two attached hydrogens (primary N) is 1. The van der Waals surface area contributed by atoms with E-state index >= 15 is 0 Å². The van der Waals surface area contributed by atoms with Gasteiger partial charge in [0.15, 0.2) is 5.82 Å². The van der Waals surface area contributed by atoms with E-state index in [9.17, 15) is 0 Å². The van der Waals surface area contributed by atoms with Crippen LogP contribution in [0.5, 0.6) is 0 Å². The number of hydrogen-bond donors (Lipinski definition) is 1. The van der Waals surface area contributed by atoms with Crippen LogP contribution in [-0.4, -0.2) is 28.6 Å². The van der Waals surface area contributed by atoms with Crippen molar-refractivity contribution < 1.29 is 0 Å². The maximum atomic E-state index is 6.09. The van der Waals surface area contributed by atoms with Gasteiger partial charge in [0.2, 0.25) is 0 Å². The second-order valence-electron chi connectivity index (χ2n) is 4.53. The lowest BCUT2D eigenvalue weighted by atomic mass is 10.2. The minimum atomic E-state index is 0.644. The zero-order valence-electron chi connectivity index (χ0n) is 10.1. The number of pyridine rings is 1. The molecule has 2 atom stereocenters. The first kappa shape index (κ1) is 11.6. The van der Waals surface area contributed by atoms with Crippen LogP contribution in [0, 0.1) is 6.92 Å². The molecule has 3 nitrogen and oxygen atoms in total. The Balaban J connectivity index is 2.26. The van der Waals surface area contributed by atoms with E-state index < -0.39 is 0 Å². The smallest absolute Gasteiger partial charge is 0.152 e. The van der Waals surface area contributed by atoms with Crippen LogP contribution in [-0.2, 0) is 0 Å². The molecule has 0 aliphatic carbocycles. The van der Waals surface area contributed by atoms with Gasteiger partial charge in [0, 0.05) is 29.8 Å². The van der Waals surface area contributed by atoms with E-state index in [1.54, 1.807) is 0 Å². The van der Waals surface area contributed by atoms with Gasteiger partial charge in [-0.15, -0.1) is 0 Å². The fourth-order valence-electron chi connectivity index (χ4n) is 2.16. The van der Waals surface area contributed by atoms with Crippen molar-refractivity contribution in [3.63, 3.8) is 0 Å². The average molecular weight is 237 g/mol. The highest BCUT2D eigenvalue weighted by Crippen LogP contribution is 2.31. The Morgan fingerprint density at radius 1 is 1.38 bits per heavy atom. The third-order valence-electron chi connectivity index (χ3n) is 2.91. The predicted molar refractivity (Wildman–Crippen MR) is 72.1 cm³/mol. The SMILES string of the molecule is Cc1ccnc(N2CC(C)SC(C)C2)c1N. The first-order valence-corrected chi connectivity index (χ1v) is 6.63. The third kappa shape index (κ3) is 2.26. The monoisotopic (exact) mass is 237 g/mol. The summed E-state index contributed by atoms with van der Waals surface area (Å²) in [6.45, 7) is 8.63. The molecule has 0 spiro atoms. The van der Waals surface area contributed by atoms with Gasteiger partial charge in [-0.05, 0) is 18.6 Å². The molecule has 2 N–H and O–H groups in total. The molecule has 0 radical (unpaired) electrons. The Hall–Kier alpha value is -0.900. The second-order valence-corrected chi connectivity index (χ2v) is 6.41. The summed E-state index contributed by atoms with van der Waals surface area (Å²) in [6.07, 6.45) is 1.85. The van der Waals surface area contributed by atoms with Crippen molar-refractivity contribution in [1.82, 2.24) is 4.98 Å². The summed E-state index contributed by atoms with van der Waals surface area (Å²) in [5, 5.41) is 1.29. The van der Waals surface area contributed by atoms with Crippen molar-refractivity contribution in [2.24, 2.45) is 0 Å². The van der Waals surface area contributed by atoms with Gasteiger partial charge in [-0.2, -0.15) is 11.8 Å². The molecular formula is C12H19N3S. The first-order chi connectivity index (χ1) is 7.58. The molecule has 0 bridgehead atoms. The maximum Gasteiger partial charge on any atom is 0.152 e. The largest absolute Gasteiger partial charge is 0.396 e. The van der Waals surface area contributed by atoms with Crippen molar-refractivity contribution in [3.05, 3.63) is 17.8 Å². The molecule has 1 aromatic heterocycles. The quantitative estimate of drug-likeness (QED) is 0.814. The Morgan fingerprint density at radius 2 is 2.00 bits per heavy atom. The lowest BCUT2D eigenvalue weighted by Gasteiger charge is -2.36. The highest BCUT2D eigenvalue weighted by Gasteiger charge is 2.24. The summed E-state index contributed by atoms with van der Waals surface area (Å²) in [5.74, 6) is 0.957. The molecule has 2 unspecified atom stereocenters. The summed E-state index contributed by atoms with van der Waals surface area (Å²) >= 11 is 2.04. The molecular weight excluding hydrogens is 218 g/mol. The summed E-state index contributed by atoms with van der Waals surface area (Å²) in [6, 6.07) is 1.96. The van der Waals surface area contributed by atoms with Crippen molar-refractivity contribution in [2.45, 2.75) is 31.3 Å². The number of aryl methyl sites for hydroxylation is 1. The van der Waals surface area contributed by atoms with E-state index in [1.807, 2.05) is 30.9 Å². The van der Waals surface area contributed by atoms with Crippen LogP contribution >= 0.6 is 11.8 Å². The van der Waals surface area contributed by atoms with Crippen LogP contribution in [0.4, 0.5) is 11.5 Å². The zero-order chi connectivity index (χ0) is 11.7. The molecule has 88 valence electrons. The van der Waals surface area contributed by atoms with Gasteiger partial charge in [0.1, 0.15) is 0 Å². The van der Waals surface area contributed by atoms with E-state index in [4.69, 9.17) is 5.73 Å². The minimum absolute atomic E-state index is 0.644. The lowest BCUT2D eigenvalue weighted by molar-refractivity contribution is 0.719. The molecule has 1 aliphatic heterocycles. The van der Waals surface area contributed by atoms with Gasteiger partial charge in [0.25, 0.3) is 0 Å². The fraction of sp³-hybridized carbons (Fsp3) is 0.583. The van der Waals surface area contributed by atoms with Gasteiger partial charge in [-0.3, -0.25) is 0 Å². The van der Waals surface area contributed by atoms with Crippen LogP contribution in [0.2, 0.25) is 0 Å². The second kappa shape index (κ2) is 4.53. The molecule has 16 heavy (non-hydrogen) atoms. The molecule has 1 saturated heterocycles. The number of aromatic nitrogens is 1. The van der Waals surface area contributed by atoms with E-state index in [-0.39, 0.29) is 0 Å². The van der Waals surface area contributed by atoms with Crippen LogP contribution in [0.15, 0.2) is 12.3 Å². The Morgan fingerprint density at radius 3 is 2.62 bits per heavy atom. The van der Waals surface area contributed by atoms with E-state index in [1.165, 1.54) is 0 Å². The summed E-state index contributed by atoms with van der Waals surface area (Å²) < 4.78 is 0. The van der Waals surface area contributed by atoms with Gasteiger partial charge in [-0.1, -0.05) is 13.8 Å². The lowest BCUT2D eigenvalue weighted by Crippen LogP contribution is -2.41. The van der Waals surface area contributed by atoms with Gasteiger partial charge in [0.05, 0.1) is 5.69 Å². The Kier molecular flexibility index (Phi) is 3.28. The summed E-state index contributed by atoms with van der Waals surface area (Å²) in [4.78, 5) is 6.74.